The molecular weight excluding hydrogens is 258 g/mol. The van der Waals surface area contributed by atoms with E-state index in [1.807, 2.05) is 0 Å². The SMILES string of the molecule is Cc1n[nH]c(C)c1S(=O)(=O)NC(C(=O)O)C(C)C. The van der Waals surface area contributed by atoms with Gasteiger partial charge < -0.3 is 5.11 Å². The van der Waals surface area contributed by atoms with Crippen LogP contribution in [0.15, 0.2) is 4.90 Å². The summed E-state index contributed by atoms with van der Waals surface area (Å²) in [5.74, 6) is -1.56. The molecule has 1 atom stereocenters. The van der Waals surface area contributed by atoms with Crippen LogP contribution >= 0.6 is 0 Å². The van der Waals surface area contributed by atoms with Crippen LogP contribution in [0.1, 0.15) is 25.2 Å². The van der Waals surface area contributed by atoms with Gasteiger partial charge in [0.2, 0.25) is 10.0 Å². The molecule has 1 unspecified atom stereocenters. The number of carboxylic acid groups (broad SMARTS) is 1. The normalized spacial score (nSPS) is 13.8. The lowest BCUT2D eigenvalue weighted by Gasteiger charge is -2.17. The molecule has 0 aliphatic carbocycles. The van der Waals surface area contributed by atoms with Crippen molar-refractivity contribution in [2.45, 2.75) is 38.6 Å². The van der Waals surface area contributed by atoms with E-state index in [-0.39, 0.29) is 10.8 Å². The number of hydrogen-bond donors (Lipinski definition) is 3. The van der Waals surface area contributed by atoms with Gasteiger partial charge in [-0.2, -0.15) is 9.82 Å². The van der Waals surface area contributed by atoms with E-state index >= 15 is 0 Å². The standard InChI is InChI=1S/C10H17N3O4S/c1-5(2)8(10(14)15)13-18(16,17)9-6(3)11-12-7(9)4/h5,8,13H,1-4H3,(H,11,12)(H,14,15). The molecule has 8 heteroatoms. The first-order valence-electron chi connectivity index (χ1n) is 5.43. The van der Waals surface area contributed by atoms with Gasteiger partial charge in [-0.3, -0.25) is 9.89 Å². The number of aliphatic carboxylic acids is 1. The minimum atomic E-state index is -3.89. The highest BCUT2D eigenvalue weighted by Gasteiger charge is 2.30. The van der Waals surface area contributed by atoms with Crippen LogP contribution < -0.4 is 4.72 Å². The first-order chi connectivity index (χ1) is 8.16. The fourth-order valence-electron chi connectivity index (χ4n) is 1.63. The van der Waals surface area contributed by atoms with E-state index in [9.17, 15) is 13.2 Å². The van der Waals surface area contributed by atoms with Gasteiger partial charge in [0.1, 0.15) is 10.9 Å². The number of H-pyrrole nitrogens is 1. The molecule has 0 radical (unpaired) electrons. The van der Waals surface area contributed by atoms with Crippen molar-refractivity contribution in [1.29, 1.82) is 0 Å². The van der Waals surface area contributed by atoms with Gasteiger partial charge in [-0.1, -0.05) is 13.8 Å². The summed E-state index contributed by atoms with van der Waals surface area (Å²) in [5, 5.41) is 15.3. The van der Waals surface area contributed by atoms with Gasteiger partial charge in [-0.15, -0.1) is 0 Å². The molecule has 0 fully saturated rings. The quantitative estimate of drug-likeness (QED) is 0.720. The largest absolute Gasteiger partial charge is 0.480 e. The van der Waals surface area contributed by atoms with Crippen molar-refractivity contribution in [3.63, 3.8) is 0 Å². The number of hydrogen-bond acceptors (Lipinski definition) is 4. The number of aryl methyl sites for hydroxylation is 2. The third-order valence-electron chi connectivity index (χ3n) is 2.54. The zero-order chi connectivity index (χ0) is 14.1. The molecule has 3 N–H and O–H groups in total. The van der Waals surface area contributed by atoms with E-state index in [2.05, 4.69) is 14.9 Å². The van der Waals surface area contributed by atoms with Crippen molar-refractivity contribution >= 4 is 16.0 Å². The number of rotatable bonds is 5. The topological polar surface area (TPSA) is 112 Å². The minimum Gasteiger partial charge on any atom is -0.480 e. The van der Waals surface area contributed by atoms with E-state index in [4.69, 9.17) is 5.11 Å². The van der Waals surface area contributed by atoms with Crippen LogP contribution in [0.5, 0.6) is 0 Å². The molecule has 0 spiro atoms. The smallest absolute Gasteiger partial charge is 0.322 e. The molecular formula is C10H17N3O4S. The average molecular weight is 275 g/mol. The molecule has 7 nitrogen and oxygen atoms in total. The maximum Gasteiger partial charge on any atom is 0.322 e. The summed E-state index contributed by atoms with van der Waals surface area (Å²) in [4.78, 5) is 11.0. The zero-order valence-electron chi connectivity index (χ0n) is 10.7. The van der Waals surface area contributed by atoms with Crippen molar-refractivity contribution < 1.29 is 18.3 Å². The van der Waals surface area contributed by atoms with Crippen LogP contribution in [-0.4, -0.2) is 35.7 Å². The summed E-state index contributed by atoms with van der Waals surface area (Å²) in [7, 11) is -3.89. The molecule has 0 aliphatic heterocycles. The summed E-state index contributed by atoms with van der Waals surface area (Å²) in [6.45, 7) is 6.38. The predicted molar refractivity (Wildman–Crippen MR) is 64.6 cm³/mol. The number of aromatic nitrogens is 2. The van der Waals surface area contributed by atoms with Crippen LogP contribution in [0, 0.1) is 19.8 Å². The molecule has 0 bridgehead atoms. The van der Waals surface area contributed by atoms with Crippen molar-refractivity contribution in [2.75, 3.05) is 0 Å². The molecule has 102 valence electrons. The Labute approximate surface area is 106 Å². The van der Waals surface area contributed by atoms with Crippen LogP contribution in [0.2, 0.25) is 0 Å². The lowest BCUT2D eigenvalue weighted by molar-refractivity contribution is -0.140. The predicted octanol–water partition coefficient (Wildman–Crippen LogP) is 0.414. The van der Waals surface area contributed by atoms with Gasteiger partial charge in [0.15, 0.2) is 0 Å². The van der Waals surface area contributed by atoms with E-state index in [0.29, 0.717) is 11.4 Å². The third-order valence-corrected chi connectivity index (χ3v) is 4.25. The van der Waals surface area contributed by atoms with Crippen molar-refractivity contribution in [1.82, 2.24) is 14.9 Å². The fourth-order valence-corrected chi connectivity index (χ4v) is 3.34. The molecule has 0 saturated carbocycles. The van der Waals surface area contributed by atoms with Crippen molar-refractivity contribution in [3.8, 4) is 0 Å². The summed E-state index contributed by atoms with van der Waals surface area (Å²) >= 11 is 0. The molecule has 1 aromatic heterocycles. The van der Waals surface area contributed by atoms with Crippen molar-refractivity contribution in [2.24, 2.45) is 5.92 Å². The van der Waals surface area contributed by atoms with Gasteiger partial charge >= 0.3 is 5.97 Å². The highest BCUT2D eigenvalue weighted by atomic mass is 32.2. The number of sulfonamides is 1. The van der Waals surface area contributed by atoms with Crippen LogP contribution in [0.3, 0.4) is 0 Å². The third kappa shape index (κ3) is 2.88. The molecule has 0 saturated heterocycles. The summed E-state index contributed by atoms with van der Waals surface area (Å²) < 4.78 is 26.4. The lowest BCUT2D eigenvalue weighted by atomic mass is 10.1. The zero-order valence-corrected chi connectivity index (χ0v) is 11.5. The molecule has 1 heterocycles. The van der Waals surface area contributed by atoms with Gasteiger partial charge in [0.05, 0.1) is 11.4 Å². The monoisotopic (exact) mass is 275 g/mol. The van der Waals surface area contributed by atoms with E-state index in [1.165, 1.54) is 0 Å². The average Bonchev–Trinajstić information content (AvgIpc) is 2.54. The Kier molecular flexibility index (Phi) is 4.12. The Bertz CT molecular complexity index is 528. The highest BCUT2D eigenvalue weighted by molar-refractivity contribution is 7.89. The number of nitrogens with zero attached hydrogens (tertiary/aromatic N) is 1. The van der Waals surface area contributed by atoms with Crippen LogP contribution in [0.25, 0.3) is 0 Å². The minimum absolute atomic E-state index is 0.00870. The number of aromatic amines is 1. The summed E-state index contributed by atoms with van der Waals surface area (Å²) in [6, 6.07) is -1.16. The number of nitrogens with one attached hydrogen (secondary N) is 2. The van der Waals surface area contributed by atoms with Gasteiger partial charge in [-0.25, -0.2) is 8.42 Å². The van der Waals surface area contributed by atoms with Gasteiger partial charge in [0.25, 0.3) is 0 Å². The molecule has 1 rings (SSSR count). The van der Waals surface area contributed by atoms with E-state index in [1.54, 1.807) is 27.7 Å². The molecule has 1 aromatic rings. The lowest BCUT2D eigenvalue weighted by Crippen LogP contribution is -2.44. The van der Waals surface area contributed by atoms with Gasteiger partial charge in [-0.05, 0) is 19.8 Å². The van der Waals surface area contributed by atoms with Crippen LogP contribution in [0.4, 0.5) is 0 Å². The Morgan fingerprint density at radius 3 is 2.28 bits per heavy atom. The Morgan fingerprint density at radius 1 is 1.39 bits per heavy atom. The second-order valence-corrected chi connectivity index (χ2v) is 6.10. The summed E-state index contributed by atoms with van der Waals surface area (Å²) in [5.41, 5.74) is 0.695. The molecule has 0 amide bonds. The van der Waals surface area contributed by atoms with E-state index < -0.39 is 22.0 Å². The maximum absolute atomic E-state index is 12.1. The Hall–Kier alpha value is -1.41. The summed E-state index contributed by atoms with van der Waals surface area (Å²) in [6.07, 6.45) is 0. The second-order valence-electron chi connectivity index (χ2n) is 4.44. The highest BCUT2D eigenvalue weighted by Crippen LogP contribution is 2.17. The molecule has 0 aliphatic rings. The Balaban J connectivity index is 3.13. The molecule has 0 aromatic carbocycles. The number of carboxylic acids is 1. The molecule has 18 heavy (non-hydrogen) atoms. The fraction of sp³-hybridized carbons (Fsp3) is 0.600. The first kappa shape index (κ1) is 14.7. The van der Waals surface area contributed by atoms with E-state index in [0.717, 1.165) is 0 Å². The van der Waals surface area contributed by atoms with Crippen LogP contribution in [-0.2, 0) is 14.8 Å². The second kappa shape index (κ2) is 5.07. The van der Waals surface area contributed by atoms with Gasteiger partial charge in [0, 0.05) is 0 Å². The number of carbonyl (C=O) groups is 1. The first-order valence-corrected chi connectivity index (χ1v) is 6.92. The Morgan fingerprint density at radius 2 is 1.94 bits per heavy atom. The van der Waals surface area contributed by atoms with Crippen molar-refractivity contribution in [3.05, 3.63) is 11.4 Å². The maximum atomic E-state index is 12.1.